The van der Waals surface area contributed by atoms with Crippen molar-refractivity contribution in [3.8, 4) is 11.5 Å². The van der Waals surface area contributed by atoms with Crippen LogP contribution in [0.15, 0.2) is 45.3 Å². The van der Waals surface area contributed by atoms with E-state index in [-0.39, 0.29) is 0 Å². The van der Waals surface area contributed by atoms with Crippen LogP contribution in [0.2, 0.25) is 0 Å². The van der Waals surface area contributed by atoms with Gasteiger partial charge in [0.25, 0.3) is 0 Å². The van der Waals surface area contributed by atoms with E-state index in [1.54, 1.807) is 0 Å². The molecule has 0 fully saturated rings. The van der Waals surface area contributed by atoms with Gasteiger partial charge in [0.1, 0.15) is 11.5 Å². The van der Waals surface area contributed by atoms with Crippen molar-refractivity contribution >= 4 is 31.9 Å². The highest BCUT2D eigenvalue weighted by Gasteiger charge is 2.09. The maximum absolute atomic E-state index is 5.95. The summed E-state index contributed by atoms with van der Waals surface area (Å²) in [7, 11) is 1.95. The molecule has 1 N–H and O–H groups in total. The monoisotopic (exact) mass is 397 g/mol. The van der Waals surface area contributed by atoms with Crippen LogP contribution in [-0.4, -0.2) is 7.05 Å². The van der Waals surface area contributed by atoms with Crippen LogP contribution in [-0.2, 0) is 0 Å². The molecule has 0 saturated carbocycles. The van der Waals surface area contributed by atoms with Gasteiger partial charge in [0.2, 0.25) is 0 Å². The van der Waals surface area contributed by atoms with E-state index in [0.29, 0.717) is 6.04 Å². The molecule has 0 bridgehead atoms. The third-order valence-electron chi connectivity index (χ3n) is 3.20. The fourth-order valence-electron chi connectivity index (χ4n) is 1.84. The standard InChI is InChI=1S/C16H17Br2NO/c1-10-4-6-15(13(17)8-10)20-16-7-5-12(9-14(16)18)11(2)19-3/h4-9,11,19H,1-3H3. The molecule has 2 rings (SSSR count). The number of ether oxygens (including phenoxy) is 1. The minimum atomic E-state index is 0.312. The normalized spacial score (nSPS) is 12.2. The molecular formula is C16H17Br2NO. The summed E-state index contributed by atoms with van der Waals surface area (Å²) in [4.78, 5) is 0. The fourth-order valence-corrected chi connectivity index (χ4v) is 2.89. The SMILES string of the molecule is CNC(C)c1ccc(Oc2ccc(C)cc2Br)c(Br)c1. The first kappa shape index (κ1) is 15.5. The Bertz CT molecular complexity index is 613. The van der Waals surface area contributed by atoms with Crippen LogP contribution in [0.5, 0.6) is 11.5 Å². The lowest BCUT2D eigenvalue weighted by Gasteiger charge is -2.14. The van der Waals surface area contributed by atoms with Crippen molar-refractivity contribution in [2.75, 3.05) is 7.05 Å². The second kappa shape index (κ2) is 6.74. The van der Waals surface area contributed by atoms with Crippen molar-refractivity contribution in [3.63, 3.8) is 0 Å². The van der Waals surface area contributed by atoms with Gasteiger partial charge in [-0.15, -0.1) is 0 Å². The maximum atomic E-state index is 5.95. The predicted octanol–water partition coefficient (Wildman–Crippen LogP) is 5.59. The van der Waals surface area contributed by atoms with E-state index in [9.17, 15) is 0 Å². The number of benzene rings is 2. The van der Waals surface area contributed by atoms with Crippen LogP contribution in [0.1, 0.15) is 24.1 Å². The lowest BCUT2D eigenvalue weighted by molar-refractivity contribution is 0.476. The highest BCUT2D eigenvalue weighted by atomic mass is 79.9. The van der Waals surface area contributed by atoms with Gasteiger partial charge in [-0.3, -0.25) is 0 Å². The molecule has 4 heteroatoms. The zero-order valence-corrected chi connectivity index (χ0v) is 14.9. The molecule has 0 amide bonds. The van der Waals surface area contributed by atoms with Gasteiger partial charge in [0.15, 0.2) is 0 Å². The van der Waals surface area contributed by atoms with Gasteiger partial charge < -0.3 is 10.1 Å². The van der Waals surface area contributed by atoms with Crippen LogP contribution < -0.4 is 10.1 Å². The lowest BCUT2D eigenvalue weighted by atomic mass is 10.1. The van der Waals surface area contributed by atoms with Crippen molar-refractivity contribution < 1.29 is 4.74 Å². The largest absolute Gasteiger partial charge is 0.455 e. The van der Waals surface area contributed by atoms with Gasteiger partial charge in [0, 0.05) is 6.04 Å². The third-order valence-corrected chi connectivity index (χ3v) is 4.44. The number of nitrogens with one attached hydrogen (secondary N) is 1. The van der Waals surface area contributed by atoms with E-state index in [1.807, 2.05) is 31.3 Å². The average Bonchev–Trinajstić information content (AvgIpc) is 2.42. The molecule has 0 saturated heterocycles. The molecule has 2 aromatic carbocycles. The third kappa shape index (κ3) is 3.62. The molecule has 1 atom stereocenters. The number of halogens is 2. The van der Waals surface area contributed by atoms with Crippen LogP contribution in [0, 0.1) is 6.92 Å². The summed E-state index contributed by atoms with van der Waals surface area (Å²) >= 11 is 7.10. The van der Waals surface area contributed by atoms with Gasteiger partial charge in [0.05, 0.1) is 8.95 Å². The number of hydrogen-bond acceptors (Lipinski definition) is 2. The Balaban J connectivity index is 2.25. The lowest BCUT2D eigenvalue weighted by Crippen LogP contribution is -2.12. The van der Waals surface area contributed by atoms with E-state index in [0.717, 1.165) is 20.4 Å². The number of aryl methyl sites for hydroxylation is 1. The molecule has 0 spiro atoms. The quantitative estimate of drug-likeness (QED) is 0.724. The van der Waals surface area contributed by atoms with E-state index in [2.05, 4.69) is 63.2 Å². The van der Waals surface area contributed by atoms with E-state index < -0.39 is 0 Å². The molecule has 2 aromatic rings. The Labute approximate surface area is 136 Å². The maximum Gasteiger partial charge on any atom is 0.141 e. The highest BCUT2D eigenvalue weighted by molar-refractivity contribution is 9.11. The summed E-state index contributed by atoms with van der Waals surface area (Å²) in [5.74, 6) is 1.62. The number of hydrogen-bond donors (Lipinski definition) is 1. The second-order valence-corrected chi connectivity index (χ2v) is 6.44. The summed E-state index contributed by atoms with van der Waals surface area (Å²) in [6, 6.07) is 12.5. The van der Waals surface area contributed by atoms with Gasteiger partial charge >= 0.3 is 0 Å². The summed E-state index contributed by atoms with van der Waals surface area (Å²) in [5.41, 5.74) is 2.41. The predicted molar refractivity (Wildman–Crippen MR) is 90.6 cm³/mol. The minimum absolute atomic E-state index is 0.312. The zero-order valence-electron chi connectivity index (χ0n) is 11.7. The van der Waals surface area contributed by atoms with Gasteiger partial charge in [-0.05, 0) is 88.1 Å². The van der Waals surface area contributed by atoms with Gasteiger partial charge in [-0.1, -0.05) is 12.1 Å². The fraction of sp³-hybridized carbons (Fsp3) is 0.250. The van der Waals surface area contributed by atoms with Crippen molar-refractivity contribution in [2.45, 2.75) is 19.9 Å². The van der Waals surface area contributed by atoms with Gasteiger partial charge in [-0.2, -0.15) is 0 Å². The van der Waals surface area contributed by atoms with Crippen molar-refractivity contribution in [1.29, 1.82) is 0 Å². The van der Waals surface area contributed by atoms with Crippen LogP contribution in [0.4, 0.5) is 0 Å². The van der Waals surface area contributed by atoms with Gasteiger partial charge in [-0.25, -0.2) is 0 Å². The Morgan fingerprint density at radius 3 is 2.15 bits per heavy atom. The molecule has 0 aliphatic carbocycles. The molecule has 0 heterocycles. The molecule has 1 unspecified atom stereocenters. The Morgan fingerprint density at radius 1 is 1.00 bits per heavy atom. The zero-order chi connectivity index (χ0) is 14.7. The molecule has 2 nitrogen and oxygen atoms in total. The van der Waals surface area contributed by atoms with Crippen LogP contribution in [0.25, 0.3) is 0 Å². The number of rotatable bonds is 4. The molecule has 0 aromatic heterocycles. The molecule has 0 aliphatic rings. The van der Waals surface area contributed by atoms with Crippen molar-refractivity contribution in [1.82, 2.24) is 5.32 Å². The summed E-state index contributed by atoms with van der Waals surface area (Å²) < 4.78 is 7.85. The van der Waals surface area contributed by atoms with Crippen LogP contribution >= 0.6 is 31.9 Å². The van der Waals surface area contributed by atoms with E-state index in [4.69, 9.17) is 4.74 Å². The van der Waals surface area contributed by atoms with Crippen LogP contribution in [0.3, 0.4) is 0 Å². The van der Waals surface area contributed by atoms with E-state index >= 15 is 0 Å². The molecular weight excluding hydrogens is 382 g/mol. The molecule has 0 aliphatic heterocycles. The Kier molecular flexibility index (Phi) is 5.24. The first-order valence-corrected chi connectivity index (χ1v) is 8.00. The van der Waals surface area contributed by atoms with Crippen molar-refractivity contribution in [2.24, 2.45) is 0 Å². The molecule has 0 radical (unpaired) electrons. The topological polar surface area (TPSA) is 21.3 Å². The van der Waals surface area contributed by atoms with E-state index in [1.165, 1.54) is 11.1 Å². The average molecular weight is 399 g/mol. The first-order valence-electron chi connectivity index (χ1n) is 6.42. The summed E-state index contributed by atoms with van der Waals surface area (Å²) in [6.45, 7) is 4.18. The Hall–Kier alpha value is -0.840. The van der Waals surface area contributed by atoms with Crippen molar-refractivity contribution in [3.05, 3.63) is 56.5 Å². The minimum Gasteiger partial charge on any atom is -0.455 e. The summed E-state index contributed by atoms with van der Waals surface area (Å²) in [5, 5.41) is 3.22. The smallest absolute Gasteiger partial charge is 0.141 e. The molecule has 20 heavy (non-hydrogen) atoms. The first-order chi connectivity index (χ1) is 9.51. The summed E-state index contributed by atoms with van der Waals surface area (Å²) in [6.07, 6.45) is 0. The highest BCUT2D eigenvalue weighted by Crippen LogP contribution is 2.35. The Morgan fingerprint density at radius 2 is 1.60 bits per heavy atom. The second-order valence-electron chi connectivity index (χ2n) is 4.74. The molecule has 106 valence electrons.